The van der Waals surface area contributed by atoms with Gasteiger partial charge in [0.15, 0.2) is 0 Å². The van der Waals surface area contributed by atoms with Gasteiger partial charge in [-0.05, 0) is 26.7 Å². The topological polar surface area (TPSA) is 157 Å². The molecular weight excluding hydrogens is 838 g/mol. The summed E-state index contributed by atoms with van der Waals surface area (Å²) in [6, 6.07) is 0. The minimum absolute atomic E-state index is 0.0448. The molecule has 0 saturated heterocycles. The quantitative estimate of drug-likeness (QED) is 0.0633. The number of hydrogen-bond acceptors (Lipinski definition) is 15. The third kappa shape index (κ3) is 29.4. The van der Waals surface area contributed by atoms with E-state index in [1.807, 2.05) is 0 Å². The molecule has 0 N–H and O–H groups in total. The highest BCUT2D eigenvalue weighted by molar-refractivity contribution is 5.84. The molecule has 16 nitrogen and oxygen atoms in total. The molecule has 0 bridgehead atoms. The van der Waals surface area contributed by atoms with Gasteiger partial charge in [0.25, 0.3) is 0 Å². The summed E-state index contributed by atoms with van der Waals surface area (Å²) >= 11 is 0. The van der Waals surface area contributed by atoms with Gasteiger partial charge in [-0.3, -0.25) is 9.59 Å². The molecule has 0 aliphatic carbocycles. The zero-order valence-electron chi connectivity index (χ0n) is 34.7. The highest BCUT2D eigenvalue weighted by atomic mass is 19.3. The fourth-order valence-electron chi connectivity index (χ4n) is 4.16. The van der Waals surface area contributed by atoms with E-state index in [9.17, 15) is 44.7 Å². The lowest BCUT2D eigenvalue weighted by atomic mass is 10.2. The number of alkyl halides is 8. The van der Waals surface area contributed by atoms with Crippen molar-refractivity contribution in [2.75, 3.05) is 158 Å². The molecule has 0 radical (unpaired) electrons. The van der Waals surface area contributed by atoms with Gasteiger partial charge >= 0.3 is 30.3 Å². The summed E-state index contributed by atoms with van der Waals surface area (Å²) in [5.74, 6) is -4.78. The van der Waals surface area contributed by atoms with Crippen LogP contribution in [0.1, 0.15) is 40.0 Å². The number of halogens is 8. The van der Waals surface area contributed by atoms with Gasteiger partial charge in [0.1, 0.15) is 0 Å². The van der Waals surface area contributed by atoms with Gasteiger partial charge in [-0.1, -0.05) is 6.92 Å². The highest BCUT2D eigenvalue weighted by Crippen LogP contribution is 2.44. The fraction of sp³-hybridized carbons (Fsp3) is 0.944. The average Bonchev–Trinajstić information content (AvgIpc) is 3.18. The lowest BCUT2D eigenvalue weighted by Crippen LogP contribution is -2.56. The maximum Gasteiger partial charge on any atom is 0.453 e. The summed E-state index contributed by atoms with van der Waals surface area (Å²) in [4.78, 5) is 23.6. The molecule has 358 valence electrons. The van der Waals surface area contributed by atoms with Crippen molar-refractivity contribution in [3.8, 4) is 0 Å². The molecule has 0 saturated carbocycles. The zero-order valence-corrected chi connectivity index (χ0v) is 34.7. The molecule has 0 aromatic carbocycles. The van der Waals surface area contributed by atoms with Crippen LogP contribution >= 0.6 is 0 Å². The summed E-state index contributed by atoms with van der Waals surface area (Å²) in [6.45, 7) is 11.3. The van der Waals surface area contributed by atoms with Gasteiger partial charge in [0, 0.05) is 32.7 Å². The molecule has 0 fully saturated rings. The number of rotatable bonds is 45. The molecule has 60 heavy (non-hydrogen) atoms. The van der Waals surface area contributed by atoms with Crippen molar-refractivity contribution in [3.05, 3.63) is 0 Å². The van der Waals surface area contributed by atoms with Crippen LogP contribution < -0.4 is 0 Å². The molecule has 0 atom stereocenters. The molecule has 0 aromatic heterocycles. The van der Waals surface area contributed by atoms with E-state index >= 15 is 0 Å². The van der Waals surface area contributed by atoms with E-state index in [0.717, 1.165) is 13.0 Å². The number of ketones is 1. The van der Waals surface area contributed by atoms with E-state index in [1.165, 1.54) is 13.8 Å². The largest absolute Gasteiger partial charge is 0.453 e. The molecule has 24 heteroatoms. The van der Waals surface area contributed by atoms with E-state index < -0.39 is 62.1 Å². The SMILES string of the molecule is CCCOCCOCCOCCOCCOCCOCCOCCOCCOCCOCCOCCCC(=O)C(F)(F)OC(F)(F)C(F)(F)OC(F)(F)C(=O)N(CC)CC. The molecular formula is C36H63F8NO15. The number of nitrogens with zero attached hydrogens (tertiary/aromatic N) is 1. The molecule has 0 heterocycles. The van der Waals surface area contributed by atoms with E-state index in [4.69, 9.17) is 52.1 Å². The lowest BCUT2D eigenvalue weighted by Gasteiger charge is -2.31. The van der Waals surface area contributed by atoms with Crippen molar-refractivity contribution < 1.29 is 106 Å². The number of ether oxygens (including phenoxy) is 13. The minimum atomic E-state index is -6.44. The van der Waals surface area contributed by atoms with Gasteiger partial charge in [0.05, 0.1) is 132 Å². The van der Waals surface area contributed by atoms with E-state index in [0.29, 0.717) is 99.1 Å². The third-order valence-electron chi connectivity index (χ3n) is 7.24. The van der Waals surface area contributed by atoms with Crippen LogP contribution in [-0.2, 0) is 71.2 Å². The van der Waals surface area contributed by atoms with E-state index in [2.05, 4.69) is 16.4 Å². The number of Topliss-reactive ketones (excluding diaryl/α,β-unsaturated/α-hetero) is 1. The Morgan fingerprint density at radius 2 is 0.633 bits per heavy atom. The average molecular weight is 902 g/mol. The molecule has 1 amide bonds. The van der Waals surface area contributed by atoms with Crippen LogP contribution in [0.15, 0.2) is 0 Å². The molecule has 0 unspecified atom stereocenters. The monoisotopic (exact) mass is 901 g/mol. The highest BCUT2D eigenvalue weighted by Gasteiger charge is 2.69. The Labute approximate surface area is 345 Å². The van der Waals surface area contributed by atoms with Crippen molar-refractivity contribution in [1.82, 2.24) is 4.90 Å². The van der Waals surface area contributed by atoms with Gasteiger partial charge in [-0.2, -0.15) is 35.1 Å². The van der Waals surface area contributed by atoms with Crippen molar-refractivity contribution in [2.45, 2.75) is 64.5 Å². The van der Waals surface area contributed by atoms with Crippen LogP contribution in [-0.4, -0.2) is 199 Å². The molecule has 0 spiro atoms. The van der Waals surface area contributed by atoms with Crippen LogP contribution in [0.2, 0.25) is 0 Å². The molecule has 0 rings (SSSR count). The summed E-state index contributed by atoms with van der Waals surface area (Å²) < 4.78 is 175. The van der Waals surface area contributed by atoms with Crippen molar-refractivity contribution in [1.29, 1.82) is 0 Å². The number of hydrogen-bond donors (Lipinski definition) is 0. The number of carbonyl (C=O) groups excluding carboxylic acids is 2. The lowest BCUT2D eigenvalue weighted by molar-refractivity contribution is -0.500. The van der Waals surface area contributed by atoms with Crippen molar-refractivity contribution >= 4 is 11.7 Å². The Morgan fingerprint density at radius 3 is 0.900 bits per heavy atom. The van der Waals surface area contributed by atoms with E-state index in [-0.39, 0.29) is 44.5 Å². The minimum Gasteiger partial charge on any atom is -0.379 e. The van der Waals surface area contributed by atoms with Gasteiger partial charge < -0.3 is 57.0 Å². The van der Waals surface area contributed by atoms with Gasteiger partial charge in [-0.15, -0.1) is 0 Å². The molecule has 0 aliphatic heterocycles. The number of amides is 1. The smallest absolute Gasteiger partial charge is 0.379 e. The Balaban J connectivity index is 3.65. The molecule has 0 aromatic rings. The van der Waals surface area contributed by atoms with Crippen molar-refractivity contribution in [2.24, 2.45) is 0 Å². The standard InChI is InChI=1S/C36H63F8NO15/c1-4-9-48-11-13-50-15-17-52-19-21-54-23-25-56-27-29-58-30-28-57-26-24-55-22-20-53-18-16-51-14-12-49-10-7-8-31(46)33(37,38)59-35(41,42)36(43,44)60-34(39,40)32(47)45(5-2)6-3/h4-30H2,1-3H3. The summed E-state index contributed by atoms with van der Waals surface area (Å²) in [6.07, 6.45) is -24.6. The Bertz CT molecular complexity index is 1050. The first-order chi connectivity index (χ1) is 28.6. The first-order valence-corrected chi connectivity index (χ1v) is 19.7. The van der Waals surface area contributed by atoms with E-state index in [1.54, 1.807) is 0 Å². The van der Waals surface area contributed by atoms with Crippen molar-refractivity contribution in [3.63, 3.8) is 0 Å². The summed E-state index contributed by atoms with van der Waals surface area (Å²) in [5, 5.41) is 0. The van der Waals surface area contributed by atoms with Crippen LogP contribution in [0.3, 0.4) is 0 Å². The maximum atomic E-state index is 13.9. The fourth-order valence-corrected chi connectivity index (χ4v) is 4.16. The number of carbonyl (C=O) groups is 2. The first-order valence-electron chi connectivity index (χ1n) is 19.7. The zero-order chi connectivity index (χ0) is 45.0. The normalized spacial score (nSPS) is 12.7. The molecule has 0 aliphatic rings. The van der Waals surface area contributed by atoms with Crippen LogP contribution in [0.25, 0.3) is 0 Å². The second kappa shape index (κ2) is 35.5. The Hall–Kier alpha value is -1.94. The predicted octanol–water partition coefficient (Wildman–Crippen LogP) is 4.20. The summed E-state index contributed by atoms with van der Waals surface area (Å²) in [7, 11) is 0. The maximum absolute atomic E-state index is 13.9. The second-order valence-corrected chi connectivity index (χ2v) is 12.0. The van der Waals surface area contributed by atoms with Gasteiger partial charge in [0.2, 0.25) is 5.78 Å². The van der Waals surface area contributed by atoms with Crippen LogP contribution in [0, 0.1) is 0 Å². The predicted molar refractivity (Wildman–Crippen MR) is 193 cm³/mol. The summed E-state index contributed by atoms with van der Waals surface area (Å²) in [5.41, 5.74) is 0. The Morgan fingerprint density at radius 1 is 0.383 bits per heavy atom. The van der Waals surface area contributed by atoms with Crippen LogP contribution in [0.5, 0.6) is 0 Å². The first kappa shape index (κ1) is 58.1. The van der Waals surface area contributed by atoms with Gasteiger partial charge in [-0.25, -0.2) is 9.47 Å². The number of likely N-dealkylation sites (N-methyl/N-ethyl adjacent to an activating group) is 1. The van der Waals surface area contributed by atoms with Crippen LogP contribution in [0.4, 0.5) is 35.1 Å². The Kier molecular flexibility index (Phi) is 34.4. The third-order valence-corrected chi connectivity index (χ3v) is 7.24. The second-order valence-electron chi connectivity index (χ2n) is 12.0.